The van der Waals surface area contributed by atoms with Crippen molar-refractivity contribution in [2.45, 2.75) is 26.1 Å². The minimum Gasteiger partial charge on any atom is -0.389 e. The SMILES string of the molecule is CC(O)c1ccc(-c2cccc(C(C)O)c2)cc1. The first-order valence-corrected chi connectivity index (χ1v) is 6.14. The zero-order valence-corrected chi connectivity index (χ0v) is 10.7. The first-order valence-electron chi connectivity index (χ1n) is 6.14. The van der Waals surface area contributed by atoms with E-state index in [1.165, 1.54) is 0 Å². The highest BCUT2D eigenvalue weighted by Crippen LogP contribution is 2.24. The first kappa shape index (κ1) is 12.8. The highest BCUT2D eigenvalue weighted by Gasteiger charge is 2.04. The van der Waals surface area contributed by atoms with Gasteiger partial charge in [0.2, 0.25) is 0 Å². The molecule has 0 fully saturated rings. The maximum Gasteiger partial charge on any atom is 0.0762 e. The molecule has 2 rings (SSSR count). The van der Waals surface area contributed by atoms with E-state index in [1.807, 2.05) is 48.5 Å². The van der Waals surface area contributed by atoms with Crippen molar-refractivity contribution in [3.8, 4) is 11.1 Å². The third-order valence-electron chi connectivity index (χ3n) is 3.10. The number of benzene rings is 2. The van der Waals surface area contributed by atoms with Gasteiger partial charge in [0.15, 0.2) is 0 Å². The van der Waals surface area contributed by atoms with Crippen molar-refractivity contribution in [1.29, 1.82) is 0 Å². The van der Waals surface area contributed by atoms with E-state index in [2.05, 4.69) is 0 Å². The van der Waals surface area contributed by atoms with Gasteiger partial charge in [-0.2, -0.15) is 0 Å². The maximum absolute atomic E-state index is 9.58. The zero-order valence-electron chi connectivity index (χ0n) is 10.7. The highest BCUT2D eigenvalue weighted by atomic mass is 16.3. The first-order chi connectivity index (χ1) is 8.58. The quantitative estimate of drug-likeness (QED) is 0.865. The molecule has 0 bridgehead atoms. The summed E-state index contributed by atoms with van der Waals surface area (Å²) in [5.41, 5.74) is 3.98. The average molecular weight is 242 g/mol. The lowest BCUT2D eigenvalue weighted by Gasteiger charge is -2.09. The average Bonchev–Trinajstić information content (AvgIpc) is 2.39. The molecule has 0 spiro atoms. The van der Waals surface area contributed by atoms with Gasteiger partial charge in [-0.25, -0.2) is 0 Å². The molecular weight excluding hydrogens is 224 g/mol. The van der Waals surface area contributed by atoms with Crippen LogP contribution in [0.15, 0.2) is 48.5 Å². The highest BCUT2D eigenvalue weighted by molar-refractivity contribution is 5.64. The van der Waals surface area contributed by atoms with E-state index in [0.717, 1.165) is 22.3 Å². The van der Waals surface area contributed by atoms with Gasteiger partial charge in [0.25, 0.3) is 0 Å². The second-order valence-electron chi connectivity index (χ2n) is 4.60. The summed E-state index contributed by atoms with van der Waals surface area (Å²) in [6.07, 6.45) is -0.899. The summed E-state index contributed by atoms with van der Waals surface area (Å²) in [5.74, 6) is 0. The maximum atomic E-state index is 9.58. The van der Waals surface area contributed by atoms with Crippen molar-refractivity contribution in [1.82, 2.24) is 0 Å². The molecule has 2 N–H and O–H groups in total. The molecule has 0 saturated heterocycles. The van der Waals surface area contributed by atoms with Gasteiger partial charge in [-0.15, -0.1) is 0 Å². The summed E-state index contributed by atoms with van der Waals surface area (Å²) in [6, 6.07) is 15.7. The lowest BCUT2D eigenvalue weighted by molar-refractivity contribution is 0.199. The van der Waals surface area contributed by atoms with Crippen molar-refractivity contribution in [2.24, 2.45) is 0 Å². The predicted octanol–water partition coefficient (Wildman–Crippen LogP) is 3.46. The Morgan fingerprint density at radius 1 is 0.722 bits per heavy atom. The van der Waals surface area contributed by atoms with Gasteiger partial charge in [-0.1, -0.05) is 42.5 Å². The third-order valence-corrected chi connectivity index (χ3v) is 3.10. The molecule has 2 heteroatoms. The second kappa shape index (κ2) is 5.34. The van der Waals surface area contributed by atoms with E-state index in [9.17, 15) is 10.2 Å². The molecule has 2 aromatic rings. The summed E-state index contributed by atoms with van der Waals surface area (Å²) in [6.45, 7) is 3.51. The van der Waals surface area contributed by atoms with Crippen LogP contribution in [0.3, 0.4) is 0 Å². The molecule has 2 nitrogen and oxygen atoms in total. The Hall–Kier alpha value is -1.64. The van der Waals surface area contributed by atoms with Gasteiger partial charge < -0.3 is 10.2 Å². The minimum atomic E-state index is -0.457. The van der Waals surface area contributed by atoms with Crippen LogP contribution in [0.5, 0.6) is 0 Å². The fourth-order valence-electron chi connectivity index (χ4n) is 1.93. The molecule has 0 aromatic heterocycles. The smallest absolute Gasteiger partial charge is 0.0762 e. The Morgan fingerprint density at radius 3 is 1.89 bits per heavy atom. The van der Waals surface area contributed by atoms with E-state index in [-0.39, 0.29) is 0 Å². The molecule has 0 heterocycles. The van der Waals surface area contributed by atoms with E-state index >= 15 is 0 Å². The van der Waals surface area contributed by atoms with Crippen LogP contribution in [0.2, 0.25) is 0 Å². The van der Waals surface area contributed by atoms with Crippen molar-refractivity contribution in [3.63, 3.8) is 0 Å². The molecule has 0 amide bonds. The van der Waals surface area contributed by atoms with Gasteiger partial charge in [0.05, 0.1) is 12.2 Å². The molecule has 2 aromatic carbocycles. The topological polar surface area (TPSA) is 40.5 Å². The van der Waals surface area contributed by atoms with Gasteiger partial charge in [0.1, 0.15) is 0 Å². The summed E-state index contributed by atoms with van der Waals surface area (Å²) < 4.78 is 0. The number of hydrogen-bond acceptors (Lipinski definition) is 2. The normalized spacial score (nSPS) is 14.2. The predicted molar refractivity (Wildman–Crippen MR) is 73.1 cm³/mol. The fraction of sp³-hybridized carbons (Fsp3) is 0.250. The Balaban J connectivity index is 2.33. The summed E-state index contributed by atoms with van der Waals surface area (Å²) in [5, 5.41) is 19.0. The largest absolute Gasteiger partial charge is 0.389 e. The summed E-state index contributed by atoms with van der Waals surface area (Å²) in [7, 11) is 0. The van der Waals surface area contributed by atoms with Crippen molar-refractivity contribution in [3.05, 3.63) is 59.7 Å². The molecular formula is C16H18O2. The molecule has 0 aliphatic heterocycles. The summed E-state index contributed by atoms with van der Waals surface area (Å²) in [4.78, 5) is 0. The molecule has 0 saturated carbocycles. The van der Waals surface area contributed by atoms with Gasteiger partial charge >= 0.3 is 0 Å². The third kappa shape index (κ3) is 2.78. The molecule has 0 aliphatic rings. The summed E-state index contributed by atoms with van der Waals surface area (Å²) >= 11 is 0. The number of aliphatic hydroxyl groups is 2. The molecule has 2 unspecified atom stereocenters. The Kier molecular flexibility index (Phi) is 3.80. The zero-order chi connectivity index (χ0) is 13.1. The van der Waals surface area contributed by atoms with Crippen LogP contribution in [0.25, 0.3) is 11.1 Å². The molecule has 94 valence electrons. The minimum absolute atomic E-state index is 0.442. The number of rotatable bonds is 3. The van der Waals surface area contributed by atoms with Crippen LogP contribution in [-0.2, 0) is 0 Å². The van der Waals surface area contributed by atoms with Crippen LogP contribution >= 0.6 is 0 Å². The number of hydrogen-bond donors (Lipinski definition) is 2. The van der Waals surface area contributed by atoms with Crippen LogP contribution in [0.1, 0.15) is 37.2 Å². The lowest BCUT2D eigenvalue weighted by atomic mass is 9.99. The van der Waals surface area contributed by atoms with Gasteiger partial charge in [0, 0.05) is 0 Å². The van der Waals surface area contributed by atoms with Gasteiger partial charge in [-0.05, 0) is 42.2 Å². The molecule has 0 radical (unpaired) electrons. The lowest BCUT2D eigenvalue weighted by Crippen LogP contribution is -1.92. The van der Waals surface area contributed by atoms with E-state index in [4.69, 9.17) is 0 Å². The second-order valence-corrected chi connectivity index (χ2v) is 4.60. The number of aliphatic hydroxyl groups excluding tert-OH is 2. The van der Waals surface area contributed by atoms with Crippen molar-refractivity contribution in [2.75, 3.05) is 0 Å². The Morgan fingerprint density at radius 2 is 1.33 bits per heavy atom. The van der Waals surface area contributed by atoms with Crippen molar-refractivity contribution < 1.29 is 10.2 Å². The van der Waals surface area contributed by atoms with Crippen LogP contribution in [0, 0.1) is 0 Å². The van der Waals surface area contributed by atoms with Crippen LogP contribution < -0.4 is 0 Å². The van der Waals surface area contributed by atoms with Gasteiger partial charge in [-0.3, -0.25) is 0 Å². The Labute approximate surface area is 108 Å². The monoisotopic (exact) mass is 242 g/mol. The van der Waals surface area contributed by atoms with Crippen molar-refractivity contribution >= 4 is 0 Å². The Bertz CT molecular complexity index is 513. The van der Waals surface area contributed by atoms with E-state index in [1.54, 1.807) is 13.8 Å². The fourth-order valence-corrected chi connectivity index (χ4v) is 1.93. The molecule has 0 aliphatic carbocycles. The molecule has 18 heavy (non-hydrogen) atoms. The molecule has 2 atom stereocenters. The van der Waals surface area contributed by atoms with Crippen LogP contribution in [-0.4, -0.2) is 10.2 Å². The standard InChI is InChI=1S/C16H18O2/c1-11(17)13-6-8-14(9-7-13)16-5-3-4-15(10-16)12(2)18/h3-12,17-18H,1-2H3. The van der Waals surface area contributed by atoms with E-state index in [0.29, 0.717) is 0 Å². The van der Waals surface area contributed by atoms with E-state index < -0.39 is 12.2 Å². The van der Waals surface area contributed by atoms with Crippen LogP contribution in [0.4, 0.5) is 0 Å².